The summed E-state index contributed by atoms with van der Waals surface area (Å²) in [4.78, 5) is 0.211. The molecule has 3 aromatic carbocycles. The first-order chi connectivity index (χ1) is 16.4. The summed E-state index contributed by atoms with van der Waals surface area (Å²) in [6.45, 7) is 1.65. The molecule has 0 unspecified atom stereocenters. The molecule has 5 nitrogen and oxygen atoms in total. The summed E-state index contributed by atoms with van der Waals surface area (Å²) in [7, 11) is -3.35. The third-order valence-corrected chi connectivity index (χ3v) is 6.74. The number of hydrogen-bond donors (Lipinski definition) is 0. The van der Waals surface area contributed by atoms with E-state index in [1.807, 2.05) is 6.92 Å². The van der Waals surface area contributed by atoms with Gasteiger partial charge in [-0.3, -0.25) is 0 Å². The van der Waals surface area contributed by atoms with Crippen LogP contribution in [0.15, 0.2) is 77.7 Å². The molecule has 0 amide bonds. The van der Waals surface area contributed by atoms with Crippen LogP contribution in [0.2, 0.25) is 5.02 Å². The van der Waals surface area contributed by atoms with Crippen LogP contribution < -0.4 is 4.74 Å². The standard InChI is InChI=1S/C25H20ClF3N2O3S/c1-16-12-19(10-11-21(16)17-6-5-7-20(13-17)35(2,32)33)34-15-18-14-24(25(27,28)29)30-31(18)23-9-4-3-8-22(23)26/h3-14H,15H2,1-2H3. The second kappa shape index (κ2) is 9.39. The van der Waals surface area contributed by atoms with Crippen LogP contribution in [0.5, 0.6) is 5.75 Å². The van der Waals surface area contributed by atoms with Crippen LogP contribution in [0.25, 0.3) is 16.8 Å². The van der Waals surface area contributed by atoms with E-state index in [1.54, 1.807) is 60.7 Å². The summed E-state index contributed by atoms with van der Waals surface area (Å²) in [5.74, 6) is 0.436. The molecular weight excluding hydrogens is 501 g/mol. The molecule has 4 aromatic rings. The van der Waals surface area contributed by atoms with Crippen molar-refractivity contribution in [2.24, 2.45) is 0 Å². The zero-order chi connectivity index (χ0) is 25.4. The predicted molar refractivity (Wildman–Crippen MR) is 128 cm³/mol. The molecule has 0 aliphatic carbocycles. The van der Waals surface area contributed by atoms with E-state index in [-0.39, 0.29) is 22.2 Å². The lowest BCUT2D eigenvalue weighted by molar-refractivity contribution is -0.141. The van der Waals surface area contributed by atoms with Gasteiger partial charge in [0.05, 0.1) is 21.3 Å². The van der Waals surface area contributed by atoms with Crippen LogP contribution in [0, 0.1) is 6.92 Å². The fourth-order valence-corrected chi connectivity index (χ4v) is 4.48. The molecule has 1 aromatic heterocycles. The predicted octanol–water partition coefficient (Wildman–Crippen LogP) is 6.50. The molecule has 182 valence electrons. The Morgan fingerprint density at radius 2 is 1.74 bits per heavy atom. The Morgan fingerprint density at radius 1 is 1.00 bits per heavy atom. The minimum Gasteiger partial charge on any atom is -0.487 e. The number of halogens is 4. The number of benzene rings is 3. The lowest BCUT2D eigenvalue weighted by atomic mass is 10.0. The number of para-hydroxylation sites is 1. The van der Waals surface area contributed by atoms with Gasteiger partial charge in [-0.05, 0) is 66.1 Å². The molecular formula is C25H20ClF3N2O3S. The summed E-state index contributed by atoms with van der Waals surface area (Å²) >= 11 is 6.19. The maximum absolute atomic E-state index is 13.3. The Kier molecular flexibility index (Phi) is 6.66. The number of aromatic nitrogens is 2. The smallest absolute Gasteiger partial charge is 0.435 e. The van der Waals surface area contributed by atoms with Gasteiger partial charge in [-0.1, -0.05) is 41.9 Å². The molecule has 0 aliphatic rings. The molecule has 0 aliphatic heterocycles. The molecule has 0 radical (unpaired) electrons. The Balaban J connectivity index is 1.62. The molecule has 0 saturated heterocycles. The molecule has 0 saturated carbocycles. The van der Waals surface area contributed by atoms with Gasteiger partial charge in [0.1, 0.15) is 12.4 Å². The van der Waals surface area contributed by atoms with Crippen LogP contribution in [0.3, 0.4) is 0 Å². The van der Waals surface area contributed by atoms with Gasteiger partial charge >= 0.3 is 6.18 Å². The van der Waals surface area contributed by atoms with Crippen LogP contribution in [-0.4, -0.2) is 24.5 Å². The topological polar surface area (TPSA) is 61.2 Å². The monoisotopic (exact) mass is 520 g/mol. The van der Waals surface area contributed by atoms with Crippen LogP contribution in [0.4, 0.5) is 13.2 Å². The van der Waals surface area contributed by atoms with Crippen molar-refractivity contribution in [1.29, 1.82) is 0 Å². The maximum atomic E-state index is 13.3. The Labute approximate surface area is 205 Å². The molecule has 0 atom stereocenters. The van der Waals surface area contributed by atoms with Gasteiger partial charge in [0.15, 0.2) is 15.5 Å². The second-order valence-corrected chi connectivity index (χ2v) is 10.4. The highest BCUT2D eigenvalue weighted by atomic mass is 35.5. The number of nitrogens with zero attached hydrogens (tertiary/aromatic N) is 2. The van der Waals surface area contributed by atoms with E-state index in [1.165, 1.54) is 6.07 Å². The number of alkyl halides is 3. The van der Waals surface area contributed by atoms with E-state index in [0.717, 1.165) is 33.7 Å². The lowest BCUT2D eigenvalue weighted by Crippen LogP contribution is -2.08. The minimum absolute atomic E-state index is 0.174. The summed E-state index contributed by atoms with van der Waals surface area (Å²) < 4.78 is 70.7. The van der Waals surface area contributed by atoms with Crippen molar-refractivity contribution in [3.63, 3.8) is 0 Å². The molecule has 0 spiro atoms. The zero-order valence-corrected chi connectivity index (χ0v) is 20.2. The third kappa shape index (κ3) is 5.52. The zero-order valence-electron chi connectivity index (χ0n) is 18.7. The van der Waals surface area contributed by atoms with Crippen molar-refractivity contribution in [2.75, 3.05) is 6.26 Å². The highest BCUT2D eigenvalue weighted by Crippen LogP contribution is 2.32. The van der Waals surface area contributed by atoms with E-state index in [0.29, 0.717) is 11.4 Å². The Morgan fingerprint density at radius 3 is 2.40 bits per heavy atom. The van der Waals surface area contributed by atoms with E-state index < -0.39 is 21.7 Å². The molecule has 4 rings (SSSR count). The van der Waals surface area contributed by atoms with Crippen LogP contribution in [-0.2, 0) is 22.6 Å². The molecule has 0 fully saturated rings. The average molecular weight is 521 g/mol. The van der Waals surface area contributed by atoms with Gasteiger partial charge in [0.25, 0.3) is 0 Å². The molecule has 10 heteroatoms. The summed E-state index contributed by atoms with van der Waals surface area (Å²) in [5.41, 5.74) is 1.78. The Hall–Kier alpha value is -3.30. The van der Waals surface area contributed by atoms with Gasteiger partial charge in [-0.2, -0.15) is 18.3 Å². The number of sulfone groups is 1. The highest BCUT2D eigenvalue weighted by Gasteiger charge is 2.35. The van der Waals surface area contributed by atoms with Crippen LogP contribution >= 0.6 is 11.6 Å². The Bertz CT molecular complexity index is 1500. The quantitative estimate of drug-likeness (QED) is 0.291. The largest absolute Gasteiger partial charge is 0.487 e. The van der Waals surface area contributed by atoms with Crippen molar-refractivity contribution in [3.05, 3.63) is 94.8 Å². The molecule has 35 heavy (non-hydrogen) atoms. The van der Waals surface area contributed by atoms with E-state index in [4.69, 9.17) is 16.3 Å². The van der Waals surface area contributed by atoms with E-state index in [9.17, 15) is 21.6 Å². The number of ether oxygens (including phenoxy) is 1. The van der Waals surface area contributed by atoms with Gasteiger partial charge in [-0.15, -0.1) is 0 Å². The van der Waals surface area contributed by atoms with Crippen molar-refractivity contribution in [2.45, 2.75) is 24.6 Å². The molecule has 1 heterocycles. The third-order valence-electron chi connectivity index (χ3n) is 5.31. The fourth-order valence-electron chi connectivity index (χ4n) is 3.59. The lowest BCUT2D eigenvalue weighted by Gasteiger charge is -2.13. The van der Waals surface area contributed by atoms with Crippen LogP contribution in [0.1, 0.15) is 17.0 Å². The first-order valence-electron chi connectivity index (χ1n) is 10.4. The normalized spacial score (nSPS) is 12.1. The van der Waals surface area contributed by atoms with Gasteiger partial charge in [-0.25, -0.2) is 13.1 Å². The summed E-state index contributed by atoms with van der Waals surface area (Å²) in [6.07, 6.45) is -3.48. The average Bonchev–Trinajstić information content (AvgIpc) is 3.22. The fraction of sp³-hybridized carbons (Fsp3) is 0.160. The second-order valence-electron chi connectivity index (χ2n) is 7.95. The summed E-state index contributed by atoms with van der Waals surface area (Å²) in [6, 6.07) is 19.2. The van der Waals surface area contributed by atoms with Crippen molar-refractivity contribution in [1.82, 2.24) is 9.78 Å². The maximum Gasteiger partial charge on any atom is 0.435 e. The van der Waals surface area contributed by atoms with Crippen molar-refractivity contribution >= 4 is 21.4 Å². The first kappa shape index (κ1) is 24.8. The SMILES string of the molecule is Cc1cc(OCc2cc(C(F)(F)F)nn2-c2ccccc2Cl)ccc1-c1cccc(S(C)(=O)=O)c1. The number of hydrogen-bond acceptors (Lipinski definition) is 4. The van der Waals surface area contributed by atoms with Gasteiger partial charge in [0, 0.05) is 6.26 Å². The van der Waals surface area contributed by atoms with Crippen molar-refractivity contribution in [3.8, 4) is 22.6 Å². The van der Waals surface area contributed by atoms with E-state index in [2.05, 4.69) is 5.10 Å². The summed E-state index contributed by atoms with van der Waals surface area (Å²) in [5, 5.41) is 3.95. The number of rotatable bonds is 6. The molecule has 0 N–H and O–H groups in total. The van der Waals surface area contributed by atoms with E-state index >= 15 is 0 Å². The highest BCUT2D eigenvalue weighted by molar-refractivity contribution is 7.90. The first-order valence-corrected chi connectivity index (χ1v) is 12.7. The van der Waals surface area contributed by atoms with Gasteiger partial charge < -0.3 is 4.74 Å². The molecule has 0 bridgehead atoms. The van der Waals surface area contributed by atoms with Gasteiger partial charge in [0.2, 0.25) is 0 Å². The van der Waals surface area contributed by atoms with Crippen molar-refractivity contribution < 1.29 is 26.3 Å². The number of aryl methyl sites for hydroxylation is 1. The minimum atomic E-state index is -4.63.